The van der Waals surface area contributed by atoms with Crippen LogP contribution in [0.15, 0.2) is 36.4 Å². The predicted molar refractivity (Wildman–Crippen MR) is 100 cm³/mol. The molecule has 2 aromatic carbocycles. The number of thiazole rings is 1. The lowest BCUT2D eigenvalue weighted by atomic mass is 10.2. The molecule has 11 heteroatoms. The molecule has 0 unspecified atom stereocenters. The molecule has 0 radical (unpaired) electrons. The zero-order valence-corrected chi connectivity index (χ0v) is 16.0. The largest absolute Gasteiger partial charge is 0.481 e. The fourth-order valence-corrected chi connectivity index (χ4v) is 3.47. The summed E-state index contributed by atoms with van der Waals surface area (Å²) >= 11 is 7.00. The van der Waals surface area contributed by atoms with E-state index in [1.807, 2.05) is 0 Å². The number of carbonyl (C=O) groups excluding carboxylic acids is 1. The van der Waals surface area contributed by atoms with Crippen molar-refractivity contribution in [3.63, 3.8) is 0 Å². The molecule has 152 valence electrons. The summed E-state index contributed by atoms with van der Waals surface area (Å²) in [7, 11) is 0. The number of carboxylic acids is 1. The number of nitrogens with one attached hydrogen (secondary N) is 1. The Kier molecular flexibility index (Phi) is 5.94. The van der Waals surface area contributed by atoms with E-state index in [0.717, 1.165) is 23.5 Å². The molecular weight excluding hydrogens is 433 g/mol. The Morgan fingerprint density at radius 3 is 2.66 bits per heavy atom. The van der Waals surface area contributed by atoms with Crippen LogP contribution < -0.4 is 10.1 Å². The minimum absolute atomic E-state index is 0.00322. The lowest BCUT2D eigenvalue weighted by Gasteiger charge is -2.10. The van der Waals surface area contributed by atoms with Crippen molar-refractivity contribution in [1.82, 2.24) is 10.3 Å². The number of aliphatic carboxylic acids is 1. The van der Waals surface area contributed by atoms with Gasteiger partial charge in [0, 0.05) is 5.02 Å². The predicted octanol–water partition coefficient (Wildman–Crippen LogP) is 4.36. The number of amides is 1. The van der Waals surface area contributed by atoms with E-state index < -0.39 is 30.2 Å². The van der Waals surface area contributed by atoms with Gasteiger partial charge in [0.05, 0.1) is 27.9 Å². The number of alkyl halides is 3. The highest BCUT2D eigenvalue weighted by molar-refractivity contribution is 7.18. The van der Waals surface area contributed by atoms with Crippen LogP contribution in [-0.4, -0.2) is 28.6 Å². The third kappa shape index (κ3) is 5.15. The van der Waals surface area contributed by atoms with Gasteiger partial charge in [-0.15, -0.1) is 11.3 Å². The summed E-state index contributed by atoms with van der Waals surface area (Å²) in [6, 6.07) is 7.40. The van der Waals surface area contributed by atoms with Gasteiger partial charge in [-0.05, 0) is 36.4 Å². The first kappa shape index (κ1) is 20.9. The zero-order valence-electron chi connectivity index (χ0n) is 14.4. The molecule has 1 amide bonds. The Morgan fingerprint density at radius 1 is 1.21 bits per heavy atom. The molecule has 29 heavy (non-hydrogen) atoms. The Labute approximate surface area is 170 Å². The summed E-state index contributed by atoms with van der Waals surface area (Å²) in [4.78, 5) is 27.2. The molecule has 0 aliphatic heterocycles. The first-order valence-corrected chi connectivity index (χ1v) is 9.22. The highest BCUT2D eigenvalue weighted by Gasteiger charge is 2.30. The number of halogens is 4. The molecule has 1 aromatic heterocycles. The number of benzene rings is 2. The molecule has 0 spiro atoms. The number of hydrogen-bond acceptors (Lipinski definition) is 5. The first-order valence-electron chi connectivity index (χ1n) is 8.02. The van der Waals surface area contributed by atoms with E-state index in [0.29, 0.717) is 9.71 Å². The fourth-order valence-electron chi connectivity index (χ4n) is 2.42. The van der Waals surface area contributed by atoms with Crippen molar-refractivity contribution in [3.8, 4) is 5.75 Å². The number of fused-ring (bicyclic) bond motifs is 1. The van der Waals surface area contributed by atoms with Crippen LogP contribution in [0.3, 0.4) is 0 Å². The Balaban J connectivity index is 1.74. The summed E-state index contributed by atoms with van der Waals surface area (Å²) in [5.74, 6) is -1.79. The molecule has 0 saturated carbocycles. The van der Waals surface area contributed by atoms with Crippen LogP contribution >= 0.6 is 22.9 Å². The van der Waals surface area contributed by atoms with E-state index in [1.165, 1.54) is 24.3 Å². The maximum Gasteiger partial charge on any atom is 0.416 e. The second-order valence-corrected chi connectivity index (χ2v) is 7.35. The number of carbonyl (C=O) groups is 2. The van der Waals surface area contributed by atoms with Gasteiger partial charge < -0.3 is 15.2 Å². The van der Waals surface area contributed by atoms with Crippen molar-refractivity contribution in [2.24, 2.45) is 0 Å². The van der Waals surface area contributed by atoms with Gasteiger partial charge in [-0.25, -0.2) is 9.78 Å². The van der Waals surface area contributed by atoms with Gasteiger partial charge in [0.1, 0.15) is 10.8 Å². The lowest BCUT2D eigenvalue weighted by Crippen LogP contribution is -2.24. The van der Waals surface area contributed by atoms with E-state index in [4.69, 9.17) is 21.4 Å². The van der Waals surface area contributed by atoms with Crippen LogP contribution in [0.25, 0.3) is 10.2 Å². The van der Waals surface area contributed by atoms with Crippen LogP contribution in [0.1, 0.15) is 20.9 Å². The molecule has 2 N–H and O–H groups in total. The highest BCUT2D eigenvalue weighted by Crippen LogP contribution is 2.33. The minimum atomic E-state index is -4.47. The fraction of sp³-hybridized carbons (Fsp3) is 0.167. The molecule has 3 rings (SSSR count). The monoisotopic (exact) mass is 444 g/mol. The number of carboxylic acid groups (broad SMARTS) is 1. The standard InChI is InChI=1S/C18H12ClF3N2O4S/c19-10-2-3-11(13(6-10)28-8-16(25)26)17(27)23-7-15-24-12-5-9(18(20,21)22)1-4-14(12)29-15/h1-6H,7-8H2,(H,23,27)(H,25,26). The summed E-state index contributed by atoms with van der Waals surface area (Å²) < 4.78 is 44.0. The van der Waals surface area contributed by atoms with Crippen molar-refractivity contribution >= 4 is 45.0 Å². The van der Waals surface area contributed by atoms with Gasteiger partial charge in [0.25, 0.3) is 5.91 Å². The lowest BCUT2D eigenvalue weighted by molar-refractivity contribution is -0.139. The summed E-state index contributed by atoms with van der Waals surface area (Å²) in [6.07, 6.45) is -4.47. The summed E-state index contributed by atoms with van der Waals surface area (Å²) in [5, 5.41) is 12.0. The number of ether oxygens (including phenoxy) is 1. The van der Waals surface area contributed by atoms with Gasteiger partial charge in [0.15, 0.2) is 6.61 Å². The topological polar surface area (TPSA) is 88.5 Å². The van der Waals surface area contributed by atoms with Crippen LogP contribution in [0.4, 0.5) is 13.2 Å². The van der Waals surface area contributed by atoms with Gasteiger partial charge in [-0.3, -0.25) is 4.79 Å². The van der Waals surface area contributed by atoms with Crippen LogP contribution in [-0.2, 0) is 17.5 Å². The molecule has 0 aliphatic carbocycles. The van der Waals surface area contributed by atoms with Crippen molar-refractivity contribution in [3.05, 3.63) is 57.6 Å². The maximum atomic E-state index is 12.8. The molecule has 0 aliphatic rings. The third-order valence-corrected chi connectivity index (χ3v) is 4.97. The van der Waals surface area contributed by atoms with Gasteiger partial charge in [-0.2, -0.15) is 13.2 Å². The zero-order chi connectivity index (χ0) is 21.2. The molecule has 0 atom stereocenters. The van der Waals surface area contributed by atoms with Gasteiger partial charge in [0.2, 0.25) is 0 Å². The third-order valence-electron chi connectivity index (χ3n) is 3.70. The van der Waals surface area contributed by atoms with Crippen LogP contribution in [0.2, 0.25) is 5.02 Å². The second-order valence-electron chi connectivity index (χ2n) is 5.79. The number of hydrogen-bond donors (Lipinski definition) is 2. The molecule has 0 fully saturated rings. The van der Waals surface area contributed by atoms with E-state index >= 15 is 0 Å². The maximum absolute atomic E-state index is 12.8. The molecule has 0 bridgehead atoms. The normalized spacial score (nSPS) is 11.4. The number of nitrogens with zero attached hydrogens (tertiary/aromatic N) is 1. The Morgan fingerprint density at radius 2 is 1.97 bits per heavy atom. The Hall–Kier alpha value is -2.85. The first-order chi connectivity index (χ1) is 13.6. The SMILES string of the molecule is O=C(O)COc1cc(Cl)ccc1C(=O)NCc1nc2cc(C(F)(F)F)ccc2s1. The summed E-state index contributed by atoms with van der Waals surface area (Å²) in [5.41, 5.74) is -0.547. The second kappa shape index (κ2) is 8.26. The van der Waals surface area contributed by atoms with E-state index in [1.54, 1.807) is 0 Å². The van der Waals surface area contributed by atoms with Crippen LogP contribution in [0, 0.1) is 0 Å². The van der Waals surface area contributed by atoms with Gasteiger partial charge in [-0.1, -0.05) is 11.6 Å². The number of aromatic nitrogens is 1. The van der Waals surface area contributed by atoms with Crippen LogP contribution in [0.5, 0.6) is 5.75 Å². The Bertz CT molecular complexity index is 1080. The average Bonchev–Trinajstić information content (AvgIpc) is 3.06. The average molecular weight is 445 g/mol. The van der Waals surface area contributed by atoms with Crippen molar-refractivity contribution in [1.29, 1.82) is 0 Å². The highest BCUT2D eigenvalue weighted by atomic mass is 35.5. The van der Waals surface area contributed by atoms with E-state index in [-0.39, 0.29) is 28.4 Å². The summed E-state index contributed by atoms with van der Waals surface area (Å²) in [6.45, 7) is -0.680. The van der Waals surface area contributed by atoms with Crippen molar-refractivity contribution in [2.45, 2.75) is 12.7 Å². The minimum Gasteiger partial charge on any atom is -0.481 e. The quantitative estimate of drug-likeness (QED) is 0.589. The molecular formula is C18H12ClF3N2O4S. The van der Waals surface area contributed by atoms with E-state index in [2.05, 4.69) is 10.3 Å². The molecule has 0 saturated heterocycles. The smallest absolute Gasteiger partial charge is 0.416 e. The molecule has 1 heterocycles. The van der Waals surface area contributed by atoms with E-state index in [9.17, 15) is 22.8 Å². The van der Waals surface area contributed by atoms with Crippen molar-refractivity contribution < 1.29 is 32.6 Å². The van der Waals surface area contributed by atoms with Crippen molar-refractivity contribution in [2.75, 3.05) is 6.61 Å². The molecule has 6 nitrogen and oxygen atoms in total. The number of rotatable bonds is 6. The van der Waals surface area contributed by atoms with Gasteiger partial charge >= 0.3 is 12.1 Å². The molecule has 3 aromatic rings.